The first-order chi connectivity index (χ1) is 8.09. The average molecular weight is 233 g/mol. The highest BCUT2D eigenvalue weighted by molar-refractivity contribution is 5.73. The molecule has 3 nitrogen and oxygen atoms in total. The van der Waals surface area contributed by atoms with Crippen LogP contribution in [0.5, 0.6) is 0 Å². The molecule has 0 aromatic heterocycles. The molecule has 0 aliphatic carbocycles. The molecule has 0 saturated carbocycles. The van der Waals surface area contributed by atoms with Crippen molar-refractivity contribution < 1.29 is 9.90 Å². The quantitative estimate of drug-likeness (QED) is 0.869. The maximum Gasteiger partial charge on any atom is 0.321 e. The number of benzene rings is 1. The van der Waals surface area contributed by atoms with Gasteiger partial charge in [-0.05, 0) is 23.5 Å². The van der Waals surface area contributed by atoms with Gasteiger partial charge in [-0.2, -0.15) is 0 Å². The molecule has 0 fully saturated rings. The summed E-state index contributed by atoms with van der Waals surface area (Å²) in [5.41, 5.74) is 2.63. The van der Waals surface area contributed by atoms with Gasteiger partial charge in [-0.25, -0.2) is 0 Å². The second-order valence-electron chi connectivity index (χ2n) is 5.02. The fourth-order valence-electron chi connectivity index (χ4n) is 2.62. The van der Waals surface area contributed by atoms with Crippen LogP contribution in [0.15, 0.2) is 24.3 Å². The van der Waals surface area contributed by atoms with Gasteiger partial charge in [-0.15, -0.1) is 0 Å². The lowest BCUT2D eigenvalue weighted by molar-refractivity contribution is -0.145. The first-order valence-corrected chi connectivity index (χ1v) is 6.13. The van der Waals surface area contributed by atoms with Gasteiger partial charge in [-0.3, -0.25) is 9.69 Å². The molecular weight excluding hydrogens is 214 g/mol. The number of hydrogen-bond donors (Lipinski definition) is 1. The Morgan fingerprint density at radius 3 is 2.53 bits per heavy atom. The standard InChI is InChI=1S/C14H19NO2/c1-10(2)13(14(16)17)15-8-7-11-5-3-4-6-12(11)9-15/h3-6,10,13H,7-9H2,1-2H3,(H,16,17)/t13-/m1/s1. The van der Waals surface area contributed by atoms with Gasteiger partial charge in [0.1, 0.15) is 6.04 Å². The summed E-state index contributed by atoms with van der Waals surface area (Å²) >= 11 is 0. The van der Waals surface area contributed by atoms with Crippen LogP contribution in [-0.4, -0.2) is 28.6 Å². The first-order valence-electron chi connectivity index (χ1n) is 6.13. The summed E-state index contributed by atoms with van der Waals surface area (Å²) in [5, 5.41) is 9.30. The van der Waals surface area contributed by atoms with E-state index in [-0.39, 0.29) is 12.0 Å². The number of carboxylic acids is 1. The zero-order valence-electron chi connectivity index (χ0n) is 10.4. The van der Waals surface area contributed by atoms with Crippen molar-refractivity contribution in [2.75, 3.05) is 6.54 Å². The van der Waals surface area contributed by atoms with Gasteiger partial charge in [0.15, 0.2) is 0 Å². The molecule has 1 aliphatic rings. The van der Waals surface area contributed by atoms with E-state index in [1.807, 2.05) is 26.0 Å². The zero-order chi connectivity index (χ0) is 12.4. The lowest BCUT2D eigenvalue weighted by atomic mass is 9.95. The van der Waals surface area contributed by atoms with Crippen molar-refractivity contribution in [2.24, 2.45) is 5.92 Å². The molecule has 0 unspecified atom stereocenters. The second-order valence-corrected chi connectivity index (χ2v) is 5.02. The third kappa shape index (κ3) is 2.50. The number of aliphatic carboxylic acids is 1. The molecular formula is C14H19NO2. The van der Waals surface area contributed by atoms with Crippen LogP contribution in [0.3, 0.4) is 0 Å². The van der Waals surface area contributed by atoms with Crippen LogP contribution < -0.4 is 0 Å². The molecule has 2 rings (SSSR count). The van der Waals surface area contributed by atoms with E-state index in [0.717, 1.165) is 19.5 Å². The minimum absolute atomic E-state index is 0.137. The van der Waals surface area contributed by atoms with Gasteiger partial charge in [0, 0.05) is 13.1 Å². The van der Waals surface area contributed by atoms with Gasteiger partial charge in [-0.1, -0.05) is 38.1 Å². The van der Waals surface area contributed by atoms with Crippen molar-refractivity contribution in [1.82, 2.24) is 4.90 Å². The Hall–Kier alpha value is -1.35. The highest BCUT2D eigenvalue weighted by Gasteiger charge is 2.30. The molecule has 92 valence electrons. The summed E-state index contributed by atoms with van der Waals surface area (Å²) in [6, 6.07) is 7.93. The third-order valence-electron chi connectivity index (χ3n) is 3.44. The van der Waals surface area contributed by atoms with Crippen molar-refractivity contribution in [2.45, 2.75) is 32.9 Å². The van der Waals surface area contributed by atoms with Crippen LogP contribution in [0.2, 0.25) is 0 Å². The summed E-state index contributed by atoms with van der Waals surface area (Å²) in [7, 11) is 0. The van der Waals surface area contributed by atoms with Crippen LogP contribution in [-0.2, 0) is 17.8 Å². The zero-order valence-corrected chi connectivity index (χ0v) is 10.4. The highest BCUT2D eigenvalue weighted by atomic mass is 16.4. The molecule has 0 saturated heterocycles. The molecule has 1 atom stereocenters. The maximum atomic E-state index is 11.3. The van der Waals surface area contributed by atoms with Crippen molar-refractivity contribution in [3.63, 3.8) is 0 Å². The van der Waals surface area contributed by atoms with Gasteiger partial charge in [0.25, 0.3) is 0 Å². The van der Waals surface area contributed by atoms with Crippen LogP contribution in [0, 0.1) is 5.92 Å². The van der Waals surface area contributed by atoms with Gasteiger partial charge >= 0.3 is 5.97 Å². The monoisotopic (exact) mass is 233 g/mol. The third-order valence-corrected chi connectivity index (χ3v) is 3.44. The van der Waals surface area contributed by atoms with Gasteiger partial charge in [0.2, 0.25) is 0 Å². The Kier molecular flexibility index (Phi) is 3.48. The molecule has 1 aromatic carbocycles. The van der Waals surface area contributed by atoms with E-state index in [4.69, 9.17) is 0 Å². The number of rotatable bonds is 3. The van der Waals surface area contributed by atoms with E-state index >= 15 is 0 Å². The van der Waals surface area contributed by atoms with Crippen LogP contribution in [0.1, 0.15) is 25.0 Å². The highest BCUT2D eigenvalue weighted by Crippen LogP contribution is 2.23. The van der Waals surface area contributed by atoms with E-state index in [0.29, 0.717) is 0 Å². The molecule has 0 amide bonds. The number of carbonyl (C=O) groups is 1. The van der Waals surface area contributed by atoms with E-state index in [1.165, 1.54) is 11.1 Å². The van der Waals surface area contributed by atoms with Crippen LogP contribution in [0.4, 0.5) is 0 Å². The smallest absolute Gasteiger partial charge is 0.321 e. The normalized spacial score (nSPS) is 17.8. The average Bonchev–Trinajstić information content (AvgIpc) is 2.28. The molecule has 1 aromatic rings. The summed E-state index contributed by atoms with van der Waals surface area (Å²) in [6.45, 7) is 5.54. The minimum Gasteiger partial charge on any atom is -0.480 e. The Morgan fingerprint density at radius 2 is 1.94 bits per heavy atom. The lowest BCUT2D eigenvalue weighted by Gasteiger charge is -2.35. The van der Waals surface area contributed by atoms with Crippen molar-refractivity contribution >= 4 is 5.97 Å². The number of nitrogens with zero attached hydrogens (tertiary/aromatic N) is 1. The fraction of sp³-hybridized carbons (Fsp3) is 0.500. The summed E-state index contributed by atoms with van der Waals surface area (Å²) in [5.74, 6) is -0.572. The topological polar surface area (TPSA) is 40.5 Å². The molecule has 1 N–H and O–H groups in total. The molecule has 0 spiro atoms. The fourth-order valence-corrected chi connectivity index (χ4v) is 2.62. The number of fused-ring (bicyclic) bond motifs is 1. The molecule has 17 heavy (non-hydrogen) atoms. The van der Waals surface area contributed by atoms with Gasteiger partial charge < -0.3 is 5.11 Å². The van der Waals surface area contributed by atoms with Gasteiger partial charge in [0.05, 0.1) is 0 Å². The largest absolute Gasteiger partial charge is 0.480 e. The SMILES string of the molecule is CC(C)[C@H](C(=O)O)N1CCc2ccccc2C1. The molecule has 0 radical (unpaired) electrons. The van der Waals surface area contributed by atoms with Crippen LogP contribution >= 0.6 is 0 Å². The molecule has 1 aliphatic heterocycles. The van der Waals surface area contributed by atoms with Crippen LogP contribution in [0.25, 0.3) is 0 Å². The van der Waals surface area contributed by atoms with E-state index < -0.39 is 5.97 Å². The Labute approximate surface area is 102 Å². The van der Waals surface area contributed by atoms with E-state index in [2.05, 4.69) is 17.0 Å². The number of hydrogen-bond acceptors (Lipinski definition) is 2. The Bertz CT molecular complexity index is 414. The summed E-state index contributed by atoms with van der Waals surface area (Å²) in [4.78, 5) is 13.4. The predicted molar refractivity (Wildman–Crippen MR) is 66.8 cm³/mol. The lowest BCUT2D eigenvalue weighted by Crippen LogP contribution is -2.46. The Balaban J connectivity index is 2.19. The van der Waals surface area contributed by atoms with Crippen molar-refractivity contribution in [1.29, 1.82) is 0 Å². The predicted octanol–water partition coefficient (Wildman–Crippen LogP) is 2.15. The molecule has 0 bridgehead atoms. The maximum absolute atomic E-state index is 11.3. The summed E-state index contributed by atoms with van der Waals surface area (Å²) < 4.78 is 0. The molecule has 1 heterocycles. The van der Waals surface area contributed by atoms with E-state index in [1.54, 1.807) is 0 Å². The minimum atomic E-state index is -0.709. The second kappa shape index (κ2) is 4.88. The first kappa shape index (κ1) is 12.1. The van der Waals surface area contributed by atoms with E-state index in [9.17, 15) is 9.90 Å². The molecule has 3 heteroatoms. The summed E-state index contributed by atoms with van der Waals surface area (Å²) in [6.07, 6.45) is 0.951. The van der Waals surface area contributed by atoms with Crippen molar-refractivity contribution in [3.05, 3.63) is 35.4 Å². The number of carboxylic acid groups (broad SMARTS) is 1. The Morgan fingerprint density at radius 1 is 1.29 bits per heavy atom. The van der Waals surface area contributed by atoms with Crippen molar-refractivity contribution in [3.8, 4) is 0 Å².